The van der Waals surface area contributed by atoms with Crippen molar-refractivity contribution in [1.82, 2.24) is 20.1 Å². The lowest BCUT2D eigenvalue weighted by molar-refractivity contribution is -0.385. The highest BCUT2D eigenvalue weighted by molar-refractivity contribution is 6.36. The fourth-order valence-electron chi connectivity index (χ4n) is 3.02. The maximum absolute atomic E-state index is 12.1. The van der Waals surface area contributed by atoms with Gasteiger partial charge in [-0.25, -0.2) is 0 Å². The van der Waals surface area contributed by atoms with E-state index in [-0.39, 0.29) is 28.1 Å². The molecule has 4 rings (SSSR count). The lowest BCUT2D eigenvalue weighted by Crippen LogP contribution is -2.35. The van der Waals surface area contributed by atoms with Gasteiger partial charge in [-0.2, -0.15) is 5.10 Å². The van der Waals surface area contributed by atoms with E-state index in [0.717, 1.165) is 0 Å². The number of hydrogen-bond donors (Lipinski definition) is 1. The summed E-state index contributed by atoms with van der Waals surface area (Å²) in [7, 11) is 1.36. The van der Waals surface area contributed by atoms with Gasteiger partial charge in [0.05, 0.1) is 29.1 Å². The lowest BCUT2D eigenvalue weighted by Gasteiger charge is -2.13. The summed E-state index contributed by atoms with van der Waals surface area (Å²) >= 11 is 6.41. The molecule has 0 spiro atoms. The molecule has 1 N–H and O–H groups in total. The van der Waals surface area contributed by atoms with Crippen LogP contribution in [0, 0.1) is 10.1 Å². The molecule has 132 valence electrons. The van der Waals surface area contributed by atoms with Gasteiger partial charge in [-0.1, -0.05) is 11.6 Å². The zero-order chi connectivity index (χ0) is 18.4. The van der Waals surface area contributed by atoms with Crippen LogP contribution < -0.4 is 10.1 Å². The first kappa shape index (κ1) is 16.3. The van der Waals surface area contributed by atoms with Gasteiger partial charge < -0.3 is 10.1 Å². The average Bonchev–Trinajstić information content (AvgIpc) is 2.97. The number of ether oxygens (including phenoxy) is 1. The standard InChI is InChI=1S/C16H12ClN5O4/c1-26-12-7-10-9(6-11(12)22(24)25)8(2-3-18-10)14-13(17)15-16(23)19-4-5-21(15)20-14/h2-3,6-7H,4-5H2,1H3,(H,19,23). The summed E-state index contributed by atoms with van der Waals surface area (Å²) in [4.78, 5) is 27.1. The molecule has 1 aliphatic rings. The monoisotopic (exact) mass is 373 g/mol. The molecule has 0 atom stereocenters. The predicted molar refractivity (Wildman–Crippen MR) is 93.5 cm³/mol. The Balaban J connectivity index is 2.00. The van der Waals surface area contributed by atoms with E-state index in [0.29, 0.717) is 35.2 Å². The van der Waals surface area contributed by atoms with Crippen LogP contribution in [0.5, 0.6) is 5.75 Å². The minimum Gasteiger partial charge on any atom is -0.490 e. The quantitative estimate of drug-likeness (QED) is 0.557. The fraction of sp³-hybridized carbons (Fsp3) is 0.188. The van der Waals surface area contributed by atoms with Crippen LogP contribution in [0.2, 0.25) is 5.02 Å². The van der Waals surface area contributed by atoms with Gasteiger partial charge in [-0.3, -0.25) is 24.6 Å². The molecule has 1 aromatic carbocycles. The van der Waals surface area contributed by atoms with Crippen molar-refractivity contribution in [1.29, 1.82) is 0 Å². The number of nitrogens with one attached hydrogen (secondary N) is 1. The largest absolute Gasteiger partial charge is 0.490 e. The molecule has 0 saturated carbocycles. The number of nitro benzene ring substituents is 1. The summed E-state index contributed by atoms with van der Waals surface area (Å²) < 4.78 is 6.63. The molecule has 1 aliphatic heterocycles. The molecule has 0 unspecified atom stereocenters. The van der Waals surface area contributed by atoms with Gasteiger partial charge in [-0.05, 0) is 6.07 Å². The van der Waals surface area contributed by atoms with Gasteiger partial charge in [0.1, 0.15) is 11.4 Å². The van der Waals surface area contributed by atoms with Crippen molar-refractivity contribution in [3.05, 3.63) is 45.2 Å². The number of aromatic nitrogens is 3. The first-order valence-corrected chi connectivity index (χ1v) is 8.05. The number of nitrogens with zero attached hydrogens (tertiary/aromatic N) is 4. The maximum Gasteiger partial charge on any atom is 0.311 e. The summed E-state index contributed by atoms with van der Waals surface area (Å²) in [6.07, 6.45) is 1.55. The molecular weight excluding hydrogens is 362 g/mol. The van der Waals surface area contributed by atoms with Crippen LogP contribution >= 0.6 is 11.6 Å². The summed E-state index contributed by atoms with van der Waals surface area (Å²) in [5.41, 5.74) is 1.52. The van der Waals surface area contributed by atoms with Crippen LogP contribution in [-0.4, -0.2) is 39.2 Å². The lowest BCUT2D eigenvalue weighted by atomic mass is 10.0. The van der Waals surface area contributed by atoms with E-state index in [1.165, 1.54) is 19.2 Å². The molecule has 0 saturated heterocycles. The minimum atomic E-state index is -0.525. The van der Waals surface area contributed by atoms with Gasteiger partial charge in [0.2, 0.25) is 0 Å². The first-order valence-electron chi connectivity index (χ1n) is 7.67. The number of fused-ring (bicyclic) bond motifs is 2. The molecule has 3 aromatic rings. The molecule has 26 heavy (non-hydrogen) atoms. The van der Waals surface area contributed by atoms with Crippen LogP contribution in [0.25, 0.3) is 22.2 Å². The number of carbonyl (C=O) groups excluding carboxylic acids is 1. The average molecular weight is 374 g/mol. The van der Waals surface area contributed by atoms with Crippen LogP contribution in [0.4, 0.5) is 5.69 Å². The van der Waals surface area contributed by atoms with Crippen molar-refractivity contribution in [2.75, 3.05) is 13.7 Å². The Morgan fingerprint density at radius 2 is 2.23 bits per heavy atom. The highest BCUT2D eigenvalue weighted by Gasteiger charge is 2.27. The highest BCUT2D eigenvalue weighted by Crippen LogP contribution is 2.38. The third-order valence-corrected chi connectivity index (χ3v) is 4.57. The Bertz CT molecular complexity index is 1080. The molecule has 0 fully saturated rings. The fourth-order valence-corrected chi connectivity index (χ4v) is 3.35. The van der Waals surface area contributed by atoms with Gasteiger partial charge in [0.15, 0.2) is 5.75 Å². The van der Waals surface area contributed by atoms with Gasteiger partial charge in [-0.15, -0.1) is 0 Å². The molecule has 9 nitrogen and oxygen atoms in total. The highest BCUT2D eigenvalue weighted by atomic mass is 35.5. The molecule has 0 aliphatic carbocycles. The van der Waals surface area contributed by atoms with Crippen molar-refractivity contribution in [3.8, 4) is 17.0 Å². The van der Waals surface area contributed by atoms with Crippen molar-refractivity contribution < 1.29 is 14.5 Å². The van der Waals surface area contributed by atoms with Crippen LogP contribution in [0.1, 0.15) is 10.5 Å². The third-order valence-electron chi connectivity index (χ3n) is 4.21. The molecule has 10 heteroatoms. The number of rotatable bonds is 3. The Labute approximate surface area is 151 Å². The summed E-state index contributed by atoms with van der Waals surface area (Å²) in [5.74, 6) is -0.187. The predicted octanol–water partition coefficient (Wildman–Crippen LogP) is 2.41. The maximum atomic E-state index is 12.1. The second-order valence-electron chi connectivity index (χ2n) is 5.65. The Morgan fingerprint density at radius 3 is 2.92 bits per heavy atom. The summed E-state index contributed by atoms with van der Waals surface area (Å²) in [5, 5.41) is 19.2. The van der Waals surface area contributed by atoms with Gasteiger partial charge in [0.25, 0.3) is 5.91 Å². The smallest absolute Gasteiger partial charge is 0.311 e. The minimum absolute atomic E-state index is 0.113. The van der Waals surface area contributed by atoms with Crippen molar-refractivity contribution in [2.24, 2.45) is 0 Å². The van der Waals surface area contributed by atoms with Crippen LogP contribution in [0.3, 0.4) is 0 Å². The van der Waals surface area contributed by atoms with E-state index in [1.54, 1.807) is 16.9 Å². The molecule has 2 aromatic heterocycles. The van der Waals surface area contributed by atoms with Crippen molar-refractivity contribution >= 4 is 34.1 Å². The second-order valence-corrected chi connectivity index (χ2v) is 6.03. The number of amides is 1. The number of methoxy groups -OCH3 is 1. The van der Waals surface area contributed by atoms with E-state index in [4.69, 9.17) is 16.3 Å². The third kappa shape index (κ3) is 2.36. The Morgan fingerprint density at radius 1 is 1.42 bits per heavy atom. The van der Waals surface area contributed by atoms with E-state index >= 15 is 0 Å². The zero-order valence-corrected chi connectivity index (χ0v) is 14.3. The number of pyridine rings is 1. The Kier molecular flexibility index (Phi) is 3.73. The zero-order valence-electron chi connectivity index (χ0n) is 13.5. The van der Waals surface area contributed by atoms with Gasteiger partial charge >= 0.3 is 5.69 Å². The summed E-state index contributed by atoms with van der Waals surface area (Å²) in [6.45, 7) is 0.959. The van der Waals surface area contributed by atoms with E-state index in [2.05, 4.69) is 15.4 Å². The first-order chi connectivity index (χ1) is 12.5. The number of carbonyl (C=O) groups is 1. The number of halogens is 1. The second kappa shape index (κ2) is 5.95. The molecular formula is C16H12ClN5O4. The summed E-state index contributed by atoms with van der Waals surface area (Å²) in [6, 6.07) is 4.54. The normalized spacial score (nSPS) is 13.4. The molecule has 0 bridgehead atoms. The molecule has 0 radical (unpaired) electrons. The SMILES string of the molecule is COc1cc2nccc(-c3nn4c(c3Cl)C(=O)NCC4)c2cc1[N+](=O)[O-]. The van der Waals surface area contributed by atoms with Crippen molar-refractivity contribution in [2.45, 2.75) is 6.54 Å². The topological polar surface area (TPSA) is 112 Å². The van der Waals surface area contributed by atoms with Crippen LogP contribution in [0.15, 0.2) is 24.4 Å². The van der Waals surface area contributed by atoms with Crippen LogP contribution in [-0.2, 0) is 6.54 Å². The molecule has 3 heterocycles. The Hall–Kier alpha value is -3.20. The van der Waals surface area contributed by atoms with E-state index in [9.17, 15) is 14.9 Å². The van der Waals surface area contributed by atoms with Gasteiger partial charge in [0, 0.05) is 35.8 Å². The number of hydrogen-bond acceptors (Lipinski definition) is 6. The number of benzene rings is 1. The van der Waals surface area contributed by atoms with E-state index in [1.807, 2.05) is 0 Å². The number of nitro groups is 1. The molecule has 1 amide bonds. The van der Waals surface area contributed by atoms with E-state index < -0.39 is 4.92 Å². The van der Waals surface area contributed by atoms with Crippen molar-refractivity contribution in [3.63, 3.8) is 0 Å².